The van der Waals surface area contributed by atoms with Crippen molar-refractivity contribution in [3.63, 3.8) is 0 Å². The minimum absolute atomic E-state index is 0.0383. The zero-order chi connectivity index (χ0) is 18.0. The molecule has 0 atom stereocenters. The van der Waals surface area contributed by atoms with Crippen molar-refractivity contribution in [3.8, 4) is 10.8 Å². The number of thiazole rings is 1. The summed E-state index contributed by atoms with van der Waals surface area (Å²) in [6.07, 6.45) is 0. The molecule has 3 aromatic rings. The number of carbonyl (C=O) groups excluding carboxylic acids is 1. The van der Waals surface area contributed by atoms with Gasteiger partial charge in [0.25, 0.3) is 11.1 Å². The first kappa shape index (κ1) is 17.7. The van der Waals surface area contributed by atoms with Crippen LogP contribution in [-0.2, 0) is 11.3 Å². The Morgan fingerprint density at radius 3 is 2.68 bits per heavy atom. The monoisotopic (exact) mass is 378 g/mol. The van der Waals surface area contributed by atoms with Gasteiger partial charge in [0.2, 0.25) is 5.91 Å². The third kappa shape index (κ3) is 4.29. The Labute approximate surface area is 153 Å². The number of hydrogen-bond donors (Lipinski definition) is 0. The lowest BCUT2D eigenvalue weighted by molar-refractivity contribution is -0.127. The molecule has 0 N–H and O–H groups in total. The number of carbonyl (C=O) groups is 1. The molecule has 1 amide bonds. The number of hydrogen-bond acceptors (Lipinski definition) is 8. The van der Waals surface area contributed by atoms with Crippen molar-refractivity contribution >= 4 is 29.0 Å². The summed E-state index contributed by atoms with van der Waals surface area (Å²) in [5.74, 6) is 2.21. The molecule has 3 heterocycles. The van der Waals surface area contributed by atoms with Crippen molar-refractivity contribution in [1.29, 1.82) is 0 Å². The summed E-state index contributed by atoms with van der Waals surface area (Å²) in [4.78, 5) is 19.1. The molecule has 25 heavy (non-hydrogen) atoms. The van der Waals surface area contributed by atoms with Crippen LogP contribution in [-0.4, -0.2) is 38.8 Å². The molecule has 0 fully saturated rings. The van der Waals surface area contributed by atoms with Gasteiger partial charge >= 0.3 is 0 Å². The minimum Gasteiger partial charge on any atom is -0.464 e. The van der Waals surface area contributed by atoms with Gasteiger partial charge in [0, 0.05) is 7.05 Å². The first-order valence-corrected chi connectivity index (χ1v) is 9.42. The van der Waals surface area contributed by atoms with E-state index in [-0.39, 0.29) is 11.7 Å². The molecule has 0 bridgehead atoms. The van der Waals surface area contributed by atoms with Crippen LogP contribution in [0.1, 0.15) is 22.2 Å². The molecule has 0 spiro atoms. The lowest BCUT2D eigenvalue weighted by Crippen LogP contribution is -2.27. The van der Waals surface area contributed by atoms with Crippen molar-refractivity contribution in [3.05, 3.63) is 34.4 Å². The Morgan fingerprint density at radius 1 is 1.24 bits per heavy atom. The first-order valence-electron chi connectivity index (χ1n) is 7.62. The number of rotatable bonds is 6. The van der Waals surface area contributed by atoms with E-state index in [9.17, 15) is 4.79 Å². The average Bonchev–Trinajstić information content (AvgIpc) is 3.26. The van der Waals surface area contributed by atoms with Crippen LogP contribution in [0.25, 0.3) is 10.8 Å². The van der Waals surface area contributed by atoms with Crippen LogP contribution in [0.2, 0.25) is 0 Å². The molecule has 0 radical (unpaired) electrons. The standard InChI is InChI=1S/C16H18N4O3S2/c1-9-5-6-12(22-9)7-20(4)13(21)8-24-16-19-18-15(23-16)14-10(2)17-11(3)25-14/h5-6H,7-8H2,1-4H3. The van der Waals surface area contributed by atoms with Crippen molar-refractivity contribution in [2.75, 3.05) is 12.8 Å². The topological polar surface area (TPSA) is 85.3 Å². The van der Waals surface area contributed by atoms with Crippen LogP contribution in [0.5, 0.6) is 0 Å². The molecule has 0 saturated heterocycles. The van der Waals surface area contributed by atoms with E-state index in [0.717, 1.165) is 27.1 Å². The summed E-state index contributed by atoms with van der Waals surface area (Å²) in [6, 6.07) is 3.75. The van der Waals surface area contributed by atoms with Gasteiger partial charge in [-0.1, -0.05) is 11.8 Å². The van der Waals surface area contributed by atoms with Gasteiger partial charge in [-0.2, -0.15) is 0 Å². The third-order valence-electron chi connectivity index (χ3n) is 3.44. The number of nitrogens with zero attached hydrogens (tertiary/aromatic N) is 4. The molecule has 0 aliphatic rings. The summed E-state index contributed by atoms with van der Waals surface area (Å²) in [7, 11) is 1.74. The molecular formula is C16H18N4O3S2. The number of amides is 1. The third-order valence-corrected chi connectivity index (χ3v) is 5.30. The fourth-order valence-electron chi connectivity index (χ4n) is 2.22. The van der Waals surface area contributed by atoms with Gasteiger partial charge in [-0.05, 0) is 32.9 Å². The van der Waals surface area contributed by atoms with Crippen molar-refractivity contribution in [2.24, 2.45) is 0 Å². The fraction of sp³-hybridized carbons (Fsp3) is 0.375. The predicted molar refractivity (Wildman–Crippen MR) is 95.5 cm³/mol. The molecular weight excluding hydrogens is 360 g/mol. The highest BCUT2D eigenvalue weighted by molar-refractivity contribution is 7.99. The van der Waals surface area contributed by atoms with Crippen LogP contribution in [0.3, 0.4) is 0 Å². The average molecular weight is 378 g/mol. The van der Waals surface area contributed by atoms with Gasteiger partial charge in [0.05, 0.1) is 23.0 Å². The molecule has 0 unspecified atom stereocenters. The Hall–Kier alpha value is -2.13. The zero-order valence-electron chi connectivity index (χ0n) is 14.4. The highest BCUT2D eigenvalue weighted by Gasteiger charge is 2.17. The highest BCUT2D eigenvalue weighted by atomic mass is 32.2. The smallest absolute Gasteiger partial charge is 0.277 e. The van der Waals surface area contributed by atoms with Gasteiger partial charge < -0.3 is 13.7 Å². The maximum atomic E-state index is 12.2. The molecule has 0 saturated carbocycles. The maximum absolute atomic E-state index is 12.2. The summed E-state index contributed by atoms with van der Waals surface area (Å²) < 4.78 is 11.1. The van der Waals surface area contributed by atoms with Crippen LogP contribution in [0.15, 0.2) is 26.2 Å². The fourth-order valence-corrected chi connectivity index (χ4v) is 3.76. The van der Waals surface area contributed by atoms with E-state index >= 15 is 0 Å². The number of aromatic nitrogens is 3. The van der Waals surface area contributed by atoms with Gasteiger partial charge in [0.1, 0.15) is 16.4 Å². The highest BCUT2D eigenvalue weighted by Crippen LogP contribution is 2.30. The summed E-state index contributed by atoms with van der Waals surface area (Å²) in [6.45, 7) is 6.15. The van der Waals surface area contributed by atoms with E-state index in [1.165, 1.54) is 23.1 Å². The van der Waals surface area contributed by atoms with Crippen LogP contribution in [0.4, 0.5) is 0 Å². The summed E-state index contributed by atoms with van der Waals surface area (Å²) in [5, 5.41) is 9.36. The minimum atomic E-state index is -0.0383. The second kappa shape index (κ2) is 7.40. The van der Waals surface area contributed by atoms with Crippen molar-refractivity contribution in [2.45, 2.75) is 32.5 Å². The SMILES string of the molecule is Cc1ccc(CN(C)C(=O)CSc2nnc(-c3sc(C)nc3C)o2)o1. The van der Waals surface area contributed by atoms with Crippen molar-refractivity contribution in [1.82, 2.24) is 20.1 Å². The zero-order valence-corrected chi connectivity index (χ0v) is 16.0. The largest absolute Gasteiger partial charge is 0.464 e. The summed E-state index contributed by atoms with van der Waals surface area (Å²) >= 11 is 2.73. The lowest BCUT2D eigenvalue weighted by Gasteiger charge is -2.14. The molecule has 132 valence electrons. The second-order valence-corrected chi connectivity index (χ2v) is 7.70. The van der Waals surface area contributed by atoms with Gasteiger partial charge in [-0.3, -0.25) is 4.79 Å². The van der Waals surface area contributed by atoms with Crippen LogP contribution < -0.4 is 0 Å². The quantitative estimate of drug-likeness (QED) is 0.607. The Kier molecular flexibility index (Phi) is 5.24. The normalized spacial score (nSPS) is 11.0. The molecule has 3 aromatic heterocycles. The van der Waals surface area contributed by atoms with E-state index in [4.69, 9.17) is 8.83 Å². The first-order chi connectivity index (χ1) is 11.9. The van der Waals surface area contributed by atoms with E-state index in [1.807, 2.05) is 32.9 Å². The molecule has 7 nitrogen and oxygen atoms in total. The van der Waals surface area contributed by atoms with E-state index in [0.29, 0.717) is 17.7 Å². The Bertz CT molecular complexity index is 884. The number of thioether (sulfide) groups is 1. The van der Waals surface area contributed by atoms with E-state index < -0.39 is 0 Å². The predicted octanol–water partition coefficient (Wildman–Crippen LogP) is 3.46. The second-order valence-electron chi connectivity index (χ2n) is 5.57. The maximum Gasteiger partial charge on any atom is 0.277 e. The van der Waals surface area contributed by atoms with E-state index in [2.05, 4.69) is 15.2 Å². The van der Waals surface area contributed by atoms with Crippen LogP contribution >= 0.6 is 23.1 Å². The van der Waals surface area contributed by atoms with Gasteiger partial charge in [-0.25, -0.2) is 4.98 Å². The number of aryl methyl sites for hydroxylation is 3. The summed E-state index contributed by atoms with van der Waals surface area (Å²) in [5.41, 5.74) is 0.868. The van der Waals surface area contributed by atoms with Crippen LogP contribution in [0, 0.1) is 20.8 Å². The molecule has 0 aliphatic carbocycles. The molecule has 0 aliphatic heterocycles. The van der Waals surface area contributed by atoms with Gasteiger partial charge in [0.15, 0.2) is 0 Å². The van der Waals surface area contributed by atoms with E-state index in [1.54, 1.807) is 11.9 Å². The van der Waals surface area contributed by atoms with Crippen molar-refractivity contribution < 1.29 is 13.6 Å². The molecule has 3 rings (SSSR count). The molecule has 9 heteroatoms. The Morgan fingerprint density at radius 2 is 2.04 bits per heavy atom. The molecule has 0 aromatic carbocycles. The number of furan rings is 1. The lowest BCUT2D eigenvalue weighted by atomic mass is 10.4. The van der Waals surface area contributed by atoms with Gasteiger partial charge in [-0.15, -0.1) is 21.5 Å². The Balaban J connectivity index is 1.56.